The van der Waals surface area contributed by atoms with Gasteiger partial charge in [0.2, 0.25) is 5.95 Å². The highest BCUT2D eigenvalue weighted by Crippen LogP contribution is 2.65. The van der Waals surface area contributed by atoms with Gasteiger partial charge in [-0.25, -0.2) is 4.98 Å². The molecule has 2 aliphatic heterocycles. The van der Waals surface area contributed by atoms with Gasteiger partial charge in [-0.2, -0.15) is 18.2 Å². The Morgan fingerprint density at radius 3 is 2.71 bits per heavy atom. The van der Waals surface area contributed by atoms with Gasteiger partial charge in [0.25, 0.3) is 0 Å². The normalized spacial score (nSPS) is 29.5. The van der Waals surface area contributed by atoms with E-state index in [0.717, 1.165) is 18.2 Å². The Hall–Kier alpha value is -2.91. The van der Waals surface area contributed by atoms with Gasteiger partial charge in [0.15, 0.2) is 5.69 Å². The molecule has 1 saturated carbocycles. The predicted octanol–water partition coefficient (Wildman–Crippen LogP) is 2.97. The van der Waals surface area contributed by atoms with Crippen molar-refractivity contribution in [2.75, 3.05) is 29.4 Å². The summed E-state index contributed by atoms with van der Waals surface area (Å²) in [6.07, 6.45) is -2.01. The van der Waals surface area contributed by atoms with Gasteiger partial charge in [0.05, 0.1) is 0 Å². The van der Waals surface area contributed by atoms with Crippen molar-refractivity contribution in [3.05, 3.63) is 41.9 Å². The van der Waals surface area contributed by atoms with Gasteiger partial charge in [0.1, 0.15) is 5.82 Å². The quantitative estimate of drug-likeness (QED) is 0.776. The van der Waals surface area contributed by atoms with Crippen molar-refractivity contribution in [3.8, 4) is 0 Å². The number of pyridine rings is 1. The van der Waals surface area contributed by atoms with Crippen LogP contribution in [0.3, 0.4) is 0 Å². The molecule has 164 valence electrons. The first kappa shape index (κ1) is 20.0. The van der Waals surface area contributed by atoms with Crippen LogP contribution in [0.1, 0.15) is 31.2 Å². The van der Waals surface area contributed by atoms with E-state index < -0.39 is 23.3 Å². The summed E-state index contributed by atoms with van der Waals surface area (Å²) in [5.74, 6) is -0.632. The van der Waals surface area contributed by atoms with E-state index in [1.54, 1.807) is 17.2 Å². The first-order chi connectivity index (χ1) is 14.7. The van der Waals surface area contributed by atoms with E-state index >= 15 is 0 Å². The first-order valence-electron chi connectivity index (χ1n) is 10.3. The van der Waals surface area contributed by atoms with Crippen molar-refractivity contribution in [2.24, 2.45) is 11.8 Å². The molecule has 2 aromatic heterocycles. The highest BCUT2D eigenvalue weighted by Gasteiger charge is 2.70. The van der Waals surface area contributed by atoms with Crippen LogP contribution in [0.15, 0.2) is 30.5 Å². The number of piperidine rings is 1. The van der Waals surface area contributed by atoms with Crippen LogP contribution in [0, 0.1) is 11.8 Å². The average molecular weight is 433 g/mol. The minimum absolute atomic E-state index is 0.00850. The maximum absolute atomic E-state index is 13.5. The topological polar surface area (TPSA) is 82.5 Å². The van der Waals surface area contributed by atoms with Crippen molar-refractivity contribution < 1.29 is 23.1 Å². The van der Waals surface area contributed by atoms with Crippen molar-refractivity contribution in [2.45, 2.75) is 37.4 Å². The molecule has 0 radical (unpaired) electrons. The fourth-order valence-electron chi connectivity index (χ4n) is 5.20. The zero-order valence-corrected chi connectivity index (χ0v) is 16.9. The smallest absolute Gasteiger partial charge is 0.433 e. The van der Waals surface area contributed by atoms with E-state index in [0.29, 0.717) is 19.6 Å². The second kappa shape index (κ2) is 6.80. The van der Waals surface area contributed by atoms with Crippen LogP contribution >= 0.6 is 0 Å². The molecule has 31 heavy (non-hydrogen) atoms. The molecule has 0 spiro atoms. The van der Waals surface area contributed by atoms with E-state index in [1.807, 2.05) is 24.0 Å². The molecule has 4 heterocycles. The molecule has 10 heteroatoms. The molecule has 1 N–H and O–H groups in total. The molecule has 2 aromatic rings. The highest BCUT2D eigenvalue weighted by molar-refractivity contribution is 5.69. The molecule has 1 aliphatic carbocycles. The minimum Gasteiger partial charge on any atom is -0.481 e. The van der Waals surface area contributed by atoms with Gasteiger partial charge < -0.3 is 14.9 Å². The molecular weight excluding hydrogens is 411 g/mol. The van der Waals surface area contributed by atoms with E-state index in [-0.39, 0.29) is 36.1 Å². The minimum atomic E-state index is -4.58. The Balaban J connectivity index is 1.49. The largest absolute Gasteiger partial charge is 0.481 e. The summed E-state index contributed by atoms with van der Waals surface area (Å²) in [5.41, 5.74) is -0.649. The van der Waals surface area contributed by atoms with Crippen LogP contribution in [0.2, 0.25) is 0 Å². The first-order valence-corrected chi connectivity index (χ1v) is 10.3. The number of alkyl halides is 3. The monoisotopic (exact) mass is 433 g/mol. The van der Waals surface area contributed by atoms with Crippen LogP contribution < -0.4 is 9.80 Å². The SMILES string of the molecule is C[C@H]1CCN1c1nc(N2CC3C(CC(=O)O)C3(c3ccccn3)C2)cc(C(F)(F)F)n1. The molecule has 3 unspecified atom stereocenters. The van der Waals surface area contributed by atoms with Crippen LogP contribution in [0.5, 0.6) is 0 Å². The lowest BCUT2D eigenvalue weighted by Gasteiger charge is -2.39. The molecule has 5 rings (SSSR count). The van der Waals surface area contributed by atoms with Crippen LogP contribution in [0.25, 0.3) is 0 Å². The Morgan fingerprint density at radius 2 is 2.13 bits per heavy atom. The number of anilines is 2. The molecule has 0 amide bonds. The number of carboxylic acid groups (broad SMARTS) is 1. The van der Waals surface area contributed by atoms with Gasteiger partial charge >= 0.3 is 12.1 Å². The van der Waals surface area contributed by atoms with Gasteiger partial charge in [-0.1, -0.05) is 6.07 Å². The number of hydrogen-bond donors (Lipinski definition) is 1. The summed E-state index contributed by atoms with van der Waals surface area (Å²) in [6, 6.07) is 6.60. The standard InChI is InChI=1S/C21H22F3N5O2/c1-12-5-7-29(12)19-26-16(21(22,23)24)9-17(27-19)28-10-14-13(8-18(30)31)20(14,11-28)15-4-2-3-6-25-15/h2-4,6,9,12-14H,5,7-8,10-11H2,1H3,(H,30,31)/t12-,13?,14?,20?/m0/s1. The maximum atomic E-state index is 13.5. The number of hydrogen-bond acceptors (Lipinski definition) is 6. The van der Waals surface area contributed by atoms with Gasteiger partial charge in [-0.3, -0.25) is 9.78 Å². The van der Waals surface area contributed by atoms with Gasteiger partial charge in [-0.05, 0) is 37.3 Å². The Bertz CT molecular complexity index is 1020. The van der Waals surface area contributed by atoms with Crippen molar-refractivity contribution in [1.29, 1.82) is 0 Å². The van der Waals surface area contributed by atoms with Crippen LogP contribution in [-0.2, 0) is 16.4 Å². The summed E-state index contributed by atoms with van der Waals surface area (Å²) in [4.78, 5) is 27.7. The number of halogens is 3. The number of carbonyl (C=O) groups is 1. The lowest BCUT2D eigenvalue weighted by Crippen LogP contribution is -2.47. The number of rotatable bonds is 5. The Kier molecular flexibility index (Phi) is 4.39. The fourth-order valence-corrected chi connectivity index (χ4v) is 5.20. The number of fused-ring (bicyclic) bond motifs is 1. The van der Waals surface area contributed by atoms with E-state index in [4.69, 9.17) is 0 Å². The molecule has 3 fully saturated rings. The molecule has 3 aliphatic rings. The average Bonchev–Trinajstić information content (AvgIpc) is 3.10. The van der Waals surface area contributed by atoms with Crippen LogP contribution in [0.4, 0.5) is 24.9 Å². The third-order valence-corrected chi connectivity index (χ3v) is 7.00. The summed E-state index contributed by atoms with van der Waals surface area (Å²) in [5, 5.41) is 9.32. The molecule has 0 bridgehead atoms. The number of nitrogens with zero attached hydrogens (tertiary/aromatic N) is 5. The number of aliphatic carboxylic acids is 1. The molecule has 7 nitrogen and oxygen atoms in total. The second-order valence-electron chi connectivity index (χ2n) is 8.69. The third kappa shape index (κ3) is 3.19. The molecular formula is C21H22F3N5O2. The molecule has 2 saturated heterocycles. The summed E-state index contributed by atoms with van der Waals surface area (Å²) >= 11 is 0. The lowest BCUT2D eigenvalue weighted by molar-refractivity contribution is -0.141. The Morgan fingerprint density at radius 1 is 1.32 bits per heavy atom. The van der Waals surface area contributed by atoms with Crippen molar-refractivity contribution in [1.82, 2.24) is 15.0 Å². The summed E-state index contributed by atoms with van der Waals surface area (Å²) < 4.78 is 40.6. The maximum Gasteiger partial charge on any atom is 0.433 e. The lowest BCUT2D eigenvalue weighted by atomic mass is 9.96. The fraction of sp³-hybridized carbons (Fsp3) is 0.524. The van der Waals surface area contributed by atoms with Gasteiger partial charge in [-0.15, -0.1) is 0 Å². The summed E-state index contributed by atoms with van der Waals surface area (Å²) in [6.45, 7) is 3.39. The zero-order chi connectivity index (χ0) is 22.0. The number of carboxylic acids is 1. The summed E-state index contributed by atoms with van der Waals surface area (Å²) in [7, 11) is 0. The third-order valence-electron chi connectivity index (χ3n) is 7.00. The number of aromatic nitrogens is 3. The van der Waals surface area contributed by atoms with Crippen molar-refractivity contribution in [3.63, 3.8) is 0 Å². The van der Waals surface area contributed by atoms with Crippen LogP contribution in [-0.4, -0.2) is 51.7 Å². The molecule has 0 aromatic carbocycles. The zero-order valence-electron chi connectivity index (χ0n) is 16.9. The van der Waals surface area contributed by atoms with Crippen molar-refractivity contribution >= 4 is 17.7 Å². The molecule has 4 atom stereocenters. The highest BCUT2D eigenvalue weighted by atomic mass is 19.4. The predicted molar refractivity (Wildman–Crippen MR) is 106 cm³/mol. The van der Waals surface area contributed by atoms with Gasteiger partial charge in [0, 0.05) is 55.5 Å². The van der Waals surface area contributed by atoms with E-state index in [9.17, 15) is 23.1 Å². The van der Waals surface area contributed by atoms with E-state index in [1.165, 1.54) is 0 Å². The van der Waals surface area contributed by atoms with E-state index in [2.05, 4.69) is 15.0 Å². The second-order valence-corrected chi connectivity index (χ2v) is 8.69. The Labute approximate surface area is 176 Å².